The van der Waals surface area contributed by atoms with Gasteiger partial charge in [0, 0.05) is 18.5 Å². The average molecular weight is 279 g/mol. The van der Waals surface area contributed by atoms with Crippen molar-refractivity contribution in [3.63, 3.8) is 0 Å². The van der Waals surface area contributed by atoms with Gasteiger partial charge >= 0.3 is 0 Å². The molecule has 2 rings (SSSR count). The summed E-state index contributed by atoms with van der Waals surface area (Å²) in [5.74, 6) is 0.168. The largest absolute Gasteiger partial charge is 0.369 e. The minimum Gasteiger partial charge on any atom is -0.369 e. The molecule has 0 radical (unpaired) electrons. The molecule has 0 aliphatic carbocycles. The second-order valence-electron chi connectivity index (χ2n) is 6.66. The van der Waals surface area contributed by atoms with Crippen LogP contribution in [0.15, 0.2) is 0 Å². The summed E-state index contributed by atoms with van der Waals surface area (Å²) in [5.41, 5.74) is 4.53. The third kappa shape index (κ3) is 2.52. The predicted molar refractivity (Wildman–Crippen MR) is 72.9 cm³/mol. The number of hydrogen-bond donors (Lipinski definition) is 2. The molecule has 20 heavy (non-hydrogen) atoms. The zero-order chi connectivity index (χ0) is 15.1. The second-order valence-corrected chi connectivity index (χ2v) is 6.66. The molecule has 1 aromatic heterocycles. The number of nitrogens with zero attached hydrogens (tertiary/aromatic N) is 3. The highest BCUT2D eigenvalue weighted by Gasteiger charge is 2.41. The van der Waals surface area contributed by atoms with Gasteiger partial charge in [0.05, 0.1) is 5.41 Å². The maximum atomic E-state index is 12.3. The molecule has 0 bridgehead atoms. The van der Waals surface area contributed by atoms with Crippen molar-refractivity contribution in [2.45, 2.75) is 39.5 Å². The maximum absolute atomic E-state index is 12.3. The van der Waals surface area contributed by atoms with E-state index in [-0.39, 0.29) is 23.1 Å². The van der Waals surface area contributed by atoms with Crippen molar-refractivity contribution < 1.29 is 9.59 Å². The van der Waals surface area contributed by atoms with Crippen LogP contribution in [0.2, 0.25) is 0 Å². The van der Waals surface area contributed by atoms with Crippen molar-refractivity contribution in [3.05, 3.63) is 11.6 Å². The van der Waals surface area contributed by atoms with Crippen molar-refractivity contribution in [3.8, 4) is 0 Å². The fourth-order valence-electron chi connectivity index (χ4n) is 2.17. The molecule has 1 fully saturated rings. The van der Waals surface area contributed by atoms with Crippen molar-refractivity contribution in [2.75, 3.05) is 13.1 Å². The molecule has 2 amide bonds. The molecule has 1 aliphatic rings. The van der Waals surface area contributed by atoms with Crippen molar-refractivity contribution in [1.82, 2.24) is 20.1 Å². The van der Waals surface area contributed by atoms with E-state index in [0.29, 0.717) is 25.3 Å². The SMILES string of the molecule is CC1(C(N)=O)CCN(C(=O)c2n[nH]c(C(C)(C)C)n2)C1. The molecule has 1 aliphatic heterocycles. The third-order valence-electron chi connectivity index (χ3n) is 3.74. The zero-order valence-corrected chi connectivity index (χ0v) is 12.4. The normalized spacial score (nSPS) is 23.1. The summed E-state index contributed by atoms with van der Waals surface area (Å²) in [7, 11) is 0. The summed E-state index contributed by atoms with van der Waals surface area (Å²) in [6, 6.07) is 0. The lowest BCUT2D eigenvalue weighted by molar-refractivity contribution is -0.126. The van der Waals surface area contributed by atoms with Gasteiger partial charge < -0.3 is 10.6 Å². The van der Waals surface area contributed by atoms with Gasteiger partial charge in [0.25, 0.3) is 5.91 Å². The van der Waals surface area contributed by atoms with Crippen molar-refractivity contribution >= 4 is 11.8 Å². The first kappa shape index (κ1) is 14.5. The van der Waals surface area contributed by atoms with Crippen molar-refractivity contribution in [1.29, 1.82) is 0 Å². The minimum absolute atomic E-state index is 0.142. The van der Waals surface area contributed by atoms with Gasteiger partial charge in [-0.1, -0.05) is 20.8 Å². The highest BCUT2D eigenvalue weighted by molar-refractivity contribution is 5.92. The van der Waals surface area contributed by atoms with Gasteiger partial charge in [0.2, 0.25) is 11.7 Å². The fraction of sp³-hybridized carbons (Fsp3) is 0.692. The average Bonchev–Trinajstić information content (AvgIpc) is 2.94. The van der Waals surface area contributed by atoms with Gasteiger partial charge in [-0.15, -0.1) is 5.10 Å². The number of likely N-dealkylation sites (tertiary alicyclic amines) is 1. The smallest absolute Gasteiger partial charge is 0.293 e. The Morgan fingerprint density at radius 1 is 1.40 bits per heavy atom. The van der Waals surface area contributed by atoms with E-state index in [2.05, 4.69) is 15.2 Å². The molecule has 0 saturated carbocycles. The number of carbonyl (C=O) groups is 2. The molecule has 2 heterocycles. The van der Waals surface area contributed by atoms with Crippen LogP contribution in [0.4, 0.5) is 0 Å². The summed E-state index contributed by atoms with van der Waals surface area (Å²) in [5, 5.41) is 6.77. The van der Waals surface area contributed by atoms with Crippen LogP contribution in [0.1, 0.15) is 50.6 Å². The Morgan fingerprint density at radius 3 is 2.50 bits per heavy atom. The number of nitrogens with one attached hydrogen (secondary N) is 1. The van der Waals surface area contributed by atoms with E-state index >= 15 is 0 Å². The molecule has 7 nitrogen and oxygen atoms in total. The van der Waals surface area contributed by atoms with Crippen LogP contribution >= 0.6 is 0 Å². The second kappa shape index (κ2) is 4.57. The number of aromatic nitrogens is 3. The topological polar surface area (TPSA) is 105 Å². The summed E-state index contributed by atoms with van der Waals surface area (Å²) < 4.78 is 0. The van der Waals surface area contributed by atoms with Crippen LogP contribution < -0.4 is 5.73 Å². The maximum Gasteiger partial charge on any atom is 0.293 e. The molecule has 0 aromatic carbocycles. The van der Waals surface area contributed by atoms with Gasteiger partial charge in [-0.05, 0) is 13.3 Å². The van der Waals surface area contributed by atoms with E-state index in [9.17, 15) is 9.59 Å². The number of carbonyl (C=O) groups excluding carboxylic acids is 2. The molecule has 1 unspecified atom stereocenters. The Hall–Kier alpha value is -1.92. The van der Waals surface area contributed by atoms with Crippen LogP contribution in [-0.2, 0) is 10.2 Å². The van der Waals surface area contributed by atoms with Gasteiger partial charge in [-0.2, -0.15) is 0 Å². The zero-order valence-electron chi connectivity index (χ0n) is 12.4. The number of nitrogens with two attached hydrogens (primary N) is 1. The lowest BCUT2D eigenvalue weighted by Crippen LogP contribution is -2.38. The molecule has 3 N–H and O–H groups in total. The van der Waals surface area contributed by atoms with E-state index < -0.39 is 5.41 Å². The molecule has 110 valence electrons. The molecule has 7 heteroatoms. The molecule has 1 aromatic rings. The molecular weight excluding hydrogens is 258 g/mol. The summed E-state index contributed by atoms with van der Waals surface area (Å²) in [4.78, 5) is 29.6. The third-order valence-corrected chi connectivity index (χ3v) is 3.74. The number of amides is 2. The number of hydrogen-bond acceptors (Lipinski definition) is 4. The quantitative estimate of drug-likeness (QED) is 0.819. The van der Waals surface area contributed by atoms with E-state index in [0.717, 1.165) is 0 Å². The van der Waals surface area contributed by atoms with Crippen LogP contribution in [0, 0.1) is 5.41 Å². The Kier molecular flexibility index (Phi) is 3.31. The number of H-pyrrole nitrogens is 1. The van der Waals surface area contributed by atoms with Gasteiger partial charge in [-0.3, -0.25) is 14.7 Å². The van der Waals surface area contributed by atoms with Gasteiger partial charge in [0.1, 0.15) is 5.82 Å². The minimum atomic E-state index is -0.654. The molecule has 1 saturated heterocycles. The van der Waals surface area contributed by atoms with E-state index in [1.807, 2.05) is 20.8 Å². The Morgan fingerprint density at radius 2 is 2.05 bits per heavy atom. The van der Waals surface area contributed by atoms with Gasteiger partial charge in [-0.25, -0.2) is 4.98 Å². The Labute approximate surface area is 117 Å². The molecule has 0 spiro atoms. The van der Waals surface area contributed by atoms with Crippen LogP contribution in [0.3, 0.4) is 0 Å². The Balaban J connectivity index is 2.14. The van der Waals surface area contributed by atoms with E-state index in [4.69, 9.17) is 5.73 Å². The molecular formula is C13H21N5O2. The lowest BCUT2D eigenvalue weighted by atomic mass is 9.89. The summed E-state index contributed by atoms with van der Waals surface area (Å²) >= 11 is 0. The number of aromatic amines is 1. The highest BCUT2D eigenvalue weighted by Crippen LogP contribution is 2.30. The number of rotatable bonds is 2. The highest BCUT2D eigenvalue weighted by atomic mass is 16.2. The van der Waals surface area contributed by atoms with Crippen LogP contribution in [0.25, 0.3) is 0 Å². The standard InChI is InChI=1S/C13H21N5O2/c1-12(2,3)11-15-8(16-17-11)9(19)18-6-5-13(4,7-18)10(14)20/h5-7H2,1-4H3,(H2,14,20)(H,15,16,17). The summed E-state index contributed by atoms with van der Waals surface area (Å²) in [6.45, 7) is 8.56. The predicted octanol–water partition coefficient (Wildman–Crippen LogP) is 0.440. The monoisotopic (exact) mass is 279 g/mol. The summed E-state index contributed by atoms with van der Waals surface area (Å²) in [6.07, 6.45) is 0.574. The first-order valence-corrected chi connectivity index (χ1v) is 6.65. The van der Waals surface area contributed by atoms with Crippen molar-refractivity contribution in [2.24, 2.45) is 11.1 Å². The Bertz CT molecular complexity index is 545. The van der Waals surface area contributed by atoms with Gasteiger partial charge in [0.15, 0.2) is 0 Å². The lowest BCUT2D eigenvalue weighted by Gasteiger charge is -2.20. The molecule has 1 atom stereocenters. The first-order chi connectivity index (χ1) is 9.13. The van der Waals surface area contributed by atoms with E-state index in [1.165, 1.54) is 0 Å². The first-order valence-electron chi connectivity index (χ1n) is 6.65. The fourth-order valence-corrected chi connectivity index (χ4v) is 2.17. The number of primary amides is 1. The van der Waals surface area contributed by atoms with Crippen LogP contribution in [0.5, 0.6) is 0 Å². The van der Waals surface area contributed by atoms with Crippen LogP contribution in [-0.4, -0.2) is 45.0 Å². The van der Waals surface area contributed by atoms with E-state index in [1.54, 1.807) is 11.8 Å².